The molecule has 1 N–H and O–H groups in total. The zero-order valence-corrected chi connectivity index (χ0v) is 20.1. The quantitative estimate of drug-likeness (QED) is 0.342. The van der Waals surface area contributed by atoms with Crippen LogP contribution in [0.25, 0.3) is 0 Å². The molecule has 0 aliphatic rings. The largest absolute Gasteiger partial charge is 0.489 e. The monoisotopic (exact) mass is 503 g/mol. The smallest absolute Gasteiger partial charge is 0.284 e. The van der Waals surface area contributed by atoms with Crippen LogP contribution in [0.2, 0.25) is 5.02 Å². The molecule has 0 spiro atoms. The van der Waals surface area contributed by atoms with Gasteiger partial charge in [-0.3, -0.25) is 4.79 Å². The number of ether oxygens (including phenoxy) is 1. The predicted octanol–water partition coefficient (Wildman–Crippen LogP) is 4.52. The Labute approximate surface area is 202 Å². The molecule has 7 nitrogen and oxygen atoms in total. The molecule has 3 aromatic carbocycles. The Hall–Kier alpha value is -3.43. The maximum atomic E-state index is 13.1. The summed E-state index contributed by atoms with van der Waals surface area (Å²) in [6, 6.07) is 16.8. The first-order valence-corrected chi connectivity index (χ1v) is 12.0. The van der Waals surface area contributed by atoms with Crippen LogP contribution in [0.15, 0.2) is 76.0 Å². The molecule has 0 unspecified atom stereocenters. The highest BCUT2D eigenvalue weighted by molar-refractivity contribution is 7.90. The molecule has 0 radical (unpaired) electrons. The summed E-state index contributed by atoms with van der Waals surface area (Å²) in [6.07, 6.45) is 1.19. The van der Waals surface area contributed by atoms with E-state index in [1.54, 1.807) is 44.4 Å². The van der Waals surface area contributed by atoms with Crippen LogP contribution in [0.5, 0.6) is 5.75 Å². The maximum Gasteiger partial charge on any atom is 0.284 e. The fourth-order valence-electron chi connectivity index (χ4n) is 2.92. The van der Waals surface area contributed by atoms with Gasteiger partial charge >= 0.3 is 0 Å². The van der Waals surface area contributed by atoms with Gasteiger partial charge in [0, 0.05) is 30.4 Å². The Morgan fingerprint density at radius 1 is 1.09 bits per heavy atom. The highest BCUT2D eigenvalue weighted by Gasteiger charge is 2.20. The standard InChI is InChI=1S/C24H23ClFN3O4S/c1-29(2)16-27-34(31,32)23-14-20(28-24(30)13-17-5-3-4-6-22(17)25)10-7-18(23)15-33-21-11-8-19(26)9-12-21/h3-12,14,16H,13,15H2,1-2H3,(H,28,30). The Morgan fingerprint density at radius 3 is 2.47 bits per heavy atom. The lowest BCUT2D eigenvalue weighted by Gasteiger charge is -2.13. The lowest BCUT2D eigenvalue weighted by atomic mass is 10.1. The summed E-state index contributed by atoms with van der Waals surface area (Å²) < 4.78 is 48.3. The van der Waals surface area contributed by atoms with Gasteiger partial charge in [0.05, 0.1) is 11.3 Å². The Balaban J connectivity index is 1.86. The number of carbonyl (C=O) groups is 1. The first kappa shape index (κ1) is 25.2. The first-order valence-electron chi connectivity index (χ1n) is 10.2. The second-order valence-corrected chi connectivity index (χ2v) is 9.55. The molecule has 0 atom stereocenters. The fourth-order valence-corrected chi connectivity index (χ4v) is 4.28. The van der Waals surface area contributed by atoms with Gasteiger partial charge in [0.1, 0.15) is 24.5 Å². The highest BCUT2D eigenvalue weighted by atomic mass is 35.5. The number of rotatable bonds is 9. The minimum atomic E-state index is -4.11. The zero-order chi connectivity index (χ0) is 24.7. The lowest BCUT2D eigenvalue weighted by Crippen LogP contribution is -2.16. The van der Waals surface area contributed by atoms with Crippen LogP contribution in [-0.4, -0.2) is 39.7 Å². The van der Waals surface area contributed by atoms with Gasteiger partial charge in [-0.2, -0.15) is 8.42 Å². The molecule has 1 amide bonds. The number of nitrogens with one attached hydrogen (secondary N) is 1. The third kappa shape index (κ3) is 7.03. The van der Waals surface area contributed by atoms with Crippen molar-refractivity contribution < 1.29 is 22.3 Å². The van der Waals surface area contributed by atoms with Crippen molar-refractivity contribution in [1.82, 2.24) is 4.90 Å². The molecule has 0 bridgehead atoms. The number of halogens is 2. The zero-order valence-electron chi connectivity index (χ0n) is 18.5. The normalized spacial score (nSPS) is 11.4. The van der Waals surface area contributed by atoms with Gasteiger partial charge in [0.25, 0.3) is 10.0 Å². The van der Waals surface area contributed by atoms with E-state index in [2.05, 4.69) is 9.71 Å². The van der Waals surface area contributed by atoms with E-state index in [-0.39, 0.29) is 29.5 Å². The van der Waals surface area contributed by atoms with Crippen molar-refractivity contribution in [2.45, 2.75) is 17.9 Å². The van der Waals surface area contributed by atoms with Gasteiger partial charge in [-0.15, -0.1) is 4.40 Å². The summed E-state index contributed by atoms with van der Waals surface area (Å²) in [6.45, 7) is -0.106. The van der Waals surface area contributed by atoms with Gasteiger partial charge in [0.2, 0.25) is 5.91 Å². The average Bonchev–Trinajstić information content (AvgIpc) is 2.79. The van der Waals surface area contributed by atoms with E-state index in [1.807, 2.05) is 0 Å². The van der Waals surface area contributed by atoms with Crippen molar-refractivity contribution in [3.8, 4) is 5.75 Å². The van der Waals surface area contributed by atoms with Crippen molar-refractivity contribution >= 4 is 39.6 Å². The van der Waals surface area contributed by atoms with Crippen molar-refractivity contribution in [2.24, 2.45) is 4.40 Å². The van der Waals surface area contributed by atoms with Gasteiger partial charge in [0.15, 0.2) is 0 Å². The first-order chi connectivity index (χ1) is 16.1. The highest BCUT2D eigenvalue weighted by Crippen LogP contribution is 2.25. The molecule has 3 rings (SSSR count). The molecule has 3 aromatic rings. The summed E-state index contributed by atoms with van der Waals surface area (Å²) in [7, 11) is -0.822. The summed E-state index contributed by atoms with van der Waals surface area (Å²) in [4.78, 5) is 13.9. The third-order valence-corrected chi connectivity index (χ3v) is 6.24. The third-order valence-electron chi connectivity index (χ3n) is 4.56. The molecule has 10 heteroatoms. The van der Waals surface area contributed by atoms with Crippen LogP contribution in [0.4, 0.5) is 10.1 Å². The van der Waals surface area contributed by atoms with Gasteiger partial charge in [-0.25, -0.2) is 4.39 Å². The molecule has 34 heavy (non-hydrogen) atoms. The van der Waals surface area contributed by atoms with Crippen LogP contribution in [-0.2, 0) is 27.8 Å². The SMILES string of the molecule is CN(C)C=NS(=O)(=O)c1cc(NC(=O)Cc2ccccc2Cl)ccc1COc1ccc(F)cc1. The van der Waals surface area contributed by atoms with Crippen molar-refractivity contribution in [3.63, 3.8) is 0 Å². The minimum absolute atomic E-state index is 0.0238. The van der Waals surface area contributed by atoms with E-state index >= 15 is 0 Å². The number of hydrogen-bond donors (Lipinski definition) is 1. The summed E-state index contributed by atoms with van der Waals surface area (Å²) in [5.41, 5.74) is 1.25. The number of carbonyl (C=O) groups excluding carboxylic acids is 1. The molecular weight excluding hydrogens is 481 g/mol. The summed E-state index contributed by atoms with van der Waals surface area (Å²) >= 11 is 6.12. The van der Waals surface area contributed by atoms with Crippen LogP contribution < -0.4 is 10.1 Å². The molecule has 0 heterocycles. The minimum Gasteiger partial charge on any atom is -0.489 e. The Kier molecular flexibility index (Phi) is 8.25. The van der Waals surface area contributed by atoms with E-state index in [4.69, 9.17) is 16.3 Å². The topological polar surface area (TPSA) is 88.1 Å². The van der Waals surface area contributed by atoms with Crippen molar-refractivity contribution in [3.05, 3.63) is 88.7 Å². The van der Waals surface area contributed by atoms with Crippen LogP contribution in [0, 0.1) is 5.82 Å². The lowest BCUT2D eigenvalue weighted by molar-refractivity contribution is -0.115. The fraction of sp³-hybridized carbons (Fsp3) is 0.167. The second-order valence-electron chi connectivity index (χ2n) is 7.54. The molecule has 0 fully saturated rings. The Bertz CT molecular complexity index is 1300. The van der Waals surface area contributed by atoms with E-state index < -0.39 is 15.8 Å². The summed E-state index contributed by atoms with van der Waals surface area (Å²) in [5, 5.41) is 3.16. The molecule has 0 aliphatic heterocycles. The van der Waals surface area contributed by atoms with Crippen LogP contribution in [0.3, 0.4) is 0 Å². The molecule has 0 saturated heterocycles. The van der Waals surface area contributed by atoms with E-state index in [9.17, 15) is 17.6 Å². The Morgan fingerprint density at radius 2 is 1.79 bits per heavy atom. The van der Waals surface area contributed by atoms with Crippen LogP contribution >= 0.6 is 11.6 Å². The number of anilines is 1. The van der Waals surface area contributed by atoms with E-state index in [0.29, 0.717) is 21.9 Å². The maximum absolute atomic E-state index is 13.1. The predicted molar refractivity (Wildman–Crippen MR) is 130 cm³/mol. The molecule has 0 aromatic heterocycles. The van der Waals surface area contributed by atoms with Crippen LogP contribution in [0.1, 0.15) is 11.1 Å². The molecular formula is C24H23ClFN3O4S. The second kappa shape index (κ2) is 11.1. The molecule has 178 valence electrons. The molecule has 0 aliphatic carbocycles. The van der Waals surface area contributed by atoms with Gasteiger partial charge < -0.3 is 15.0 Å². The number of amides is 1. The number of nitrogens with zero attached hydrogens (tertiary/aromatic N) is 2. The van der Waals surface area contributed by atoms with E-state index in [1.165, 1.54) is 47.6 Å². The van der Waals surface area contributed by atoms with Gasteiger partial charge in [-0.1, -0.05) is 35.9 Å². The number of benzene rings is 3. The van der Waals surface area contributed by atoms with Gasteiger partial charge in [-0.05, 0) is 48.0 Å². The molecule has 0 saturated carbocycles. The summed E-state index contributed by atoms with van der Waals surface area (Å²) in [5.74, 6) is -0.396. The van der Waals surface area contributed by atoms with Crippen molar-refractivity contribution in [2.75, 3.05) is 19.4 Å². The number of sulfonamides is 1. The average molecular weight is 504 g/mol. The number of hydrogen-bond acceptors (Lipinski definition) is 4. The van der Waals surface area contributed by atoms with Crippen molar-refractivity contribution in [1.29, 1.82) is 0 Å². The van der Waals surface area contributed by atoms with E-state index in [0.717, 1.165) is 0 Å².